The summed E-state index contributed by atoms with van der Waals surface area (Å²) in [5.41, 5.74) is 4.78. The van der Waals surface area contributed by atoms with E-state index in [1.165, 1.54) is 16.7 Å². The van der Waals surface area contributed by atoms with E-state index < -0.39 is 0 Å². The van der Waals surface area contributed by atoms with Gasteiger partial charge in [0.15, 0.2) is 0 Å². The van der Waals surface area contributed by atoms with E-state index in [0.29, 0.717) is 13.2 Å². The molecule has 0 heterocycles. The average Bonchev–Trinajstić information content (AvgIpc) is 3.56. The second-order valence-electron chi connectivity index (χ2n) is 8.23. The number of allylic oxidation sites excluding steroid dienone is 1. The van der Waals surface area contributed by atoms with Crippen molar-refractivity contribution in [1.29, 1.82) is 0 Å². The van der Waals surface area contributed by atoms with Crippen molar-refractivity contribution in [2.75, 3.05) is 20.3 Å². The molecule has 3 aromatic rings. The highest BCUT2D eigenvalue weighted by atomic mass is 16.5. The lowest BCUT2D eigenvalue weighted by Gasteiger charge is -2.22. The maximum Gasteiger partial charge on any atom is 0.118 e. The molecule has 0 aromatic heterocycles. The molecule has 1 saturated carbocycles. The van der Waals surface area contributed by atoms with Gasteiger partial charge in [-0.05, 0) is 53.2 Å². The van der Waals surface area contributed by atoms with Crippen LogP contribution in [0, 0.1) is 11.3 Å². The van der Waals surface area contributed by atoms with Gasteiger partial charge in [-0.25, -0.2) is 0 Å². The van der Waals surface area contributed by atoms with Crippen LogP contribution in [0.1, 0.15) is 29.5 Å². The van der Waals surface area contributed by atoms with Crippen LogP contribution >= 0.6 is 0 Å². The number of benzene rings is 3. The molecule has 0 radical (unpaired) electrons. The molecule has 0 aliphatic heterocycles. The Morgan fingerprint density at radius 3 is 2.26 bits per heavy atom. The fourth-order valence-electron chi connectivity index (χ4n) is 4.41. The van der Waals surface area contributed by atoms with E-state index in [9.17, 15) is 5.11 Å². The molecule has 3 nitrogen and oxygen atoms in total. The molecule has 3 aromatic carbocycles. The first-order chi connectivity index (χ1) is 15.2. The van der Waals surface area contributed by atoms with Crippen molar-refractivity contribution < 1.29 is 14.6 Å². The summed E-state index contributed by atoms with van der Waals surface area (Å²) in [5, 5.41) is 10.0. The van der Waals surface area contributed by atoms with Gasteiger partial charge in [-0.2, -0.15) is 0 Å². The van der Waals surface area contributed by atoms with Crippen molar-refractivity contribution >= 4 is 11.6 Å². The third kappa shape index (κ3) is 5.07. The number of aliphatic hydroxyl groups excluding tert-OH is 1. The van der Waals surface area contributed by atoms with Crippen LogP contribution in [-0.2, 0) is 11.3 Å². The Kier molecular flexibility index (Phi) is 6.86. The number of aliphatic hydroxyl groups is 1. The normalized spacial score (nSPS) is 20.5. The minimum Gasteiger partial charge on any atom is -0.497 e. The quantitative estimate of drug-likeness (QED) is 0.334. The fraction of sp³-hybridized carbons (Fsp3) is 0.286. The molecule has 2 unspecified atom stereocenters. The number of methoxy groups -OCH3 is 1. The highest BCUT2D eigenvalue weighted by molar-refractivity contribution is 5.86. The highest BCUT2D eigenvalue weighted by Gasteiger charge is 2.55. The second kappa shape index (κ2) is 9.95. The van der Waals surface area contributed by atoms with Gasteiger partial charge in [0, 0.05) is 18.6 Å². The lowest BCUT2D eigenvalue weighted by molar-refractivity contribution is 0.107. The topological polar surface area (TPSA) is 38.7 Å². The van der Waals surface area contributed by atoms with Gasteiger partial charge in [-0.3, -0.25) is 0 Å². The molecule has 160 valence electrons. The van der Waals surface area contributed by atoms with Crippen molar-refractivity contribution in [1.82, 2.24) is 0 Å². The zero-order valence-corrected chi connectivity index (χ0v) is 18.0. The van der Waals surface area contributed by atoms with Crippen LogP contribution < -0.4 is 4.74 Å². The summed E-state index contributed by atoms with van der Waals surface area (Å²) < 4.78 is 11.3. The molecule has 0 bridgehead atoms. The van der Waals surface area contributed by atoms with Gasteiger partial charge in [-0.1, -0.05) is 78.9 Å². The zero-order valence-electron chi connectivity index (χ0n) is 18.0. The van der Waals surface area contributed by atoms with E-state index in [-0.39, 0.29) is 17.9 Å². The first-order valence-electron chi connectivity index (χ1n) is 10.9. The number of hydrogen-bond acceptors (Lipinski definition) is 3. The Labute approximate surface area is 185 Å². The van der Waals surface area contributed by atoms with E-state index in [4.69, 9.17) is 9.47 Å². The van der Waals surface area contributed by atoms with Crippen LogP contribution in [0.15, 0.2) is 84.9 Å². The van der Waals surface area contributed by atoms with Crippen molar-refractivity contribution in [2.24, 2.45) is 11.3 Å². The molecule has 3 heteroatoms. The molecule has 1 aliphatic rings. The van der Waals surface area contributed by atoms with Crippen LogP contribution in [0.3, 0.4) is 0 Å². The summed E-state index contributed by atoms with van der Waals surface area (Å²) in [7, 11) is 1.67. The van der Waals surface area contributed by atoms with Gasteiger partial charge in [0.25, 0.3) is 0 Å². The smallest absolute Gasteiger partial charge is 0.118 e. The maximum absolute atomic E-state index is 10.0. The molecule has 0 spiro atoms. The zero-order chi connectivity index (χ0) is 21.5. The summed E-state index contributed by atoms with van der Waals surface area (Å²) in [6.45, 7) is 1.44. The summed E-state index contributed by atoms with van der Waals surface area (Å²) >= 11 is 0. The Hall–Kier alpha value is -2.88. The minimum atomic E-state index is -0.0497. The van der Waals surface area contributed by atoms with E-state index in [1.807, 2.05) is 36.4 Å². The lowest BCUT2D eigenvalue weighted by Crippen LogP contribution is -2.13. The molecule has 4 rings (SSSR count). The van der Waals surface area contributed by atoms with Crippen molar-refractivity contribution in [3.05, 3.63) is 102 Å². The van der Waals surface area contributed by atoms with Crippen LogP contribution in [0.25, 0.3) is 11.6 Å². The summed E-state index contributed by atoms with van der Waals surface area (Å²) in [6.07, 6.45) is 4.17. The lowest BCUT2D eigenvalue weighted by atomic mass is 9.83. The SMILES string of the molecule is COc1ccc(COCCC2(/C(=C/c3ccccc3)c3ccccc3)CC2CO)cc1. The van der Waals surface area contributed by atoms with Gasteiger partial charge < -0.3 is 14.6 Å². The third-order valence-electron chi connectivity index (χ3n) is 6.30. The van der Waals surface area contributed by atoms with Crippen molar-refractivity contribution in [3.63, 3.8) is 0 Å². The molecular formula is C28H30O3. The third-order valence-corrected chi connectivity index (χ3v) is 6.30. The van der Waals surface area contributed by atoms with Crippen LogP contribution in [-0.4, -0.2) is 25.4 Å². The maximum atomic E-state index is 10.0. The first kappa shape index (κ1) is 21.4. The molecule has 0 saturated heterocycles. The minimum absolute atomic E-state index is 0.0497. The van der Waals surface area contributed by atoms with Gasteiger partial charge in [-0.15, -0.1) is 0 Å². The summed E-state index contributed by atoms with van der Waals surface area (Å²) in [6, 6.07) is 29.0. The van der Waals surface area contributed by atoms with E-state index in [1.54, 1.807) is 7.11 Å². The molecule has 31 heavy (non-hydrogen) atoms. The van der Waals surface area contributed by atoms with Gasteiger partial charge in [0.05, 0.1) is 13.7 Å². The standard InChI is InChI=1S/C28H30O3/c1-30-26-14-12-23(13-15-26)21-31-17-16-28(19-25(28)20-29)27(24-10-6-3-7-11-24)18-22-8-4-2-5-9-22/h2-15,18,25,29H,16-17,19-21H2,1H3/b27-18+. The first-order valence-corrected chi connectivity index (χ1v) is 10.9. The average molecular weight is 415 g/mol. The van der Waals surface area contributed by atoms with Crippen LogP contribution in [0.5, 0.6) is 5.75 Å². The molecule has 1 aliphatic carbocycles. The van der Waals surface area contributed by atoms with Gasteiger partial charge >= 0.3 is 0 Å². The highest BCUT2D eigenvalue weighted by Crippen LogP contribution is 2.63. The number of ether oxygens (including phenoxy) is 2. The predicted molar refractivity (Wildman–Crippen MR) is 126 cm³/mol. The molecule has 1 fully saturated rings. The van der Waals surface area contributed by atoms with Crippen LogP contribution in [0.2, 0.25) is 0 Å². The van der Waals surface area contributed by atoms with E-state index >= 15 is 0 Å². The Balaban J connectivity index is 1.51. The monoisotopic (exact) mass is 414 g/mol. The Bertz CT molecular complexity index is 980. The predicted octanol–water partition coefficient (Wildman–Crippen LogP) is 5.84. The fourth-order valence-corrected chi connectivity index (χ4v) is 4.41. The molecule has 2 atom stereocenters. The summed E-state index contributed by atoms with van der Waals surface area (Å²) in [4.78, 5) is 0. The Morgan fingerprint density at radius 2 is 1.65 bits per heavy atom. The second-order valence-corrected chi connectivity index (χ2v) is 8.23. The molecule has 1 N–H and O–H groups in total. The Morgan fingerprint density at radius 1 is 0.968 bits per heavy atom. The number of hydrogen-bond donors (Lipinski definition) is 1. The van der Waals surface area contributed by atoms with E-state index in [2.05, 4.69) is 54.6 Å². The number of rotatable bonds is 10. The molecule has 0 amide bonds. The largest absolute Gasteiger partial charge is 0.497 e. The molecular weight excluding hydrogens is 384 g/mol. The van der Waals surface area contributed by atoms with Crippen molar-refractivity contribution in [2.45, 2.75) is 19.4 Å². The van der Waals surface area contributed by atoms with Gasteiger partial charge in [0.1, 0.15) is 5.75 Å². The van der Waals surface area contributed by atoms with Crippen molar-refractivity contribution in [3.8, 4) is 5.75 Å². The van der Waals surface area contributed by atoms with E-state index in [0.717, 1.165) is 24.2 Å². The van der Waals surface area contributed by atoms with Crippen LogP contribution in [0.4, 0.5) is 0 Å². The summed E-state index contributed by atoms with van der Waals surface area (Å²) in [5.74, 6) is 1.12. The van der Waals surface area contributed by atoms with Gasteiger partial charge in [0.2, 0.25) is 0 Å².